The Kier molecular flexibility index (Phi) is 8.38. The van der Waals surface area contributed by atoms with E-state index in [0.29, 0.717) is 6.54 Å². The smallest absolute Gasteiger partial charge is 0.224 e. The molecular weight excluding hydrogens is 308 g/mol. The average molecular weight is 333 g/mol. The van der Waals surface area contributed by atoms with Crippen LogP contribution in [0, 0.1) is 5.92 Å². The van der Waals surface area contributed by atoms with Gasteiger partial charge in [-0.1, -0.05) is 67.6 Å². The number of amides is 1. The van der Waals surface area contributed by atoms with Crippen LogP contribution in [0.3, 0.4) is 0 Å². The van der Waals surface area contributed by atoms with Crippen LogP contribution in [0.1, 0.15) is 30.5 Å². The Bertz CT molecular complexity index is 574. The van der Waals surface area contributed by atoms with Crippen molar-refractivity contribution in [3.63, 3.8) is 0 Å². The van der Waals surface area contributed by atoms with Gasteiger partial charge in [-0.3, -0.25) is 4.79 Å². The van der Waals surface area contributed by atoms with Crippen molar-refractivity contribution in [2.45, 2.75) is 25.8 Å². The molecule has 0 aliphatic carbocycles. The molecule has 0 aromatic heterocycles. The SMILES string of the molecule is CC(C(=O)NCCCc1ccccc1)C(N)c1ccccc1.Cl. The summed E-state index contributed by atoms with van der Waals surface area (Å²) in [4.78, 5) is 12.2. The summed E-state index contributed by atoms with van der Waals surface area (Å²) in [6.45, 7) is 2.56. The number of halogens is 1. The van der Waals surface area contributed by atoms with Crippen molar-refractivity contribution in [3.05, 3.63) is 71.8 Å². The van der Waals surface area contributed by atoms with Gasteiger partial charge in [0.25, 0.3) is 0 Å². The van der Waals surface area contributed by atoms with Crippen LogP contribution in [0.5, 0.6) is 0 Å². The lowest BCUT2D eigenvalue weighted by molar-refractivity contribution is -0.125. The van der Waals surface area contributed by atoms with E-state index in [9.17, 15) is 4.79 Å². The molecule has 0 fully saturated rings. The highest BCUT2D eigenvalue weighted by atomic mass is 35.5. The number of benzene rings is 2. The zero-order chi connectivity index (χ0) is 15.8. The van der Waals surface area contributed by atoms with Gasteiger partial charge in [-0.2, -0.15) is 0 Å². The van der Waals surface area contributed by atoms with Crippen molar-refractivity contribution >= 4 is 18.3 Å². The van der Waals surface area contributed by atoms with Crippen LogP contribution < -0.4 is 11.1 Å². The largest absolute Gasteiger partial charge is 0.356 e. The Labute approximate surface area is 144 Å². The fourth-order valence-corrected chi connectivity index (χ4v) is 2.44. The lowest BCUT2D eigenvalue weighted by Gasteiger charge is -2.19. The summed E-state index contributed by atoms with van der Waals surface area (Å²) in [5.74, 6) is -0.219. The van der Waals surface area contributed by atoms with E-state index in [0.717, 1.165) is 18.4 Å². The van der Waals surface area contributed by atoms with Gasteiger partial charge in [-0.15, -0.1) is 12.4 Å². The number of hydrogen-bond acceptors (Lipinski definition) is 2. The second-order valence-corrected chi connectivity index (χ2v) is 5.61. The van der Waals surface area contributed by atoms with E-state index in [1.807, 2.05) is 55.5 Å². The minimum absolute atomic E-state index is 0. The van der Waals surface area contributed by atoms with Crippen LogP contribution in [-0.4, -0.2) is 12.5 Å². The molecule has 0 radical (unpaired) electrons. The molecule has 0 bridgehead atoms. The van der Waals surface area contributed by atoms with Gasteiger partial charge in [0.15, 0.2) is 0 Å². The summed E-state index contributed by atoms with van der Waals surface area (Å²) in [6.07, 6.45) is 1.91. The van der Waals surface area contributed by atoms with Gasteiger partial charge < -0.3 is 11.1 Å². The predicted molar refractivity (Wildman–Crippen MR) is 97.6 cm³/mol. The summed E-state index contributed by atoms with van der Waals surface area (Å²) in [5, 5.41) is 2.98. The Hall–Kier alpha value is -1.84. The van der Waals surface area contributed by atoms with Crippen LogP contribution in [0.25, 0.3) is 0 Å². The number of nitrogens with two attached hydrogens (primary N) is 1. The molecule has 2 atom stereocenters. The maximum atomic E-state index is 12.2. The number of aryl methyl sites for hydroxylation is 1. The van der Waals surface area contributed by atoms with Gasteiger partial charge in [0.2, 0.25) is 5.91 Å². The Morgan fingerprint density at radius 1 is 1.04 bits per heavy atom. The lowest BCUT2D eigenvalue weighted by atomic mass is 9.94. The quantitative estimate of drug-likeness (QED) is 0.762. The third-order valence-corrected chi connectivity index (χ3v) is 3.92. The van der Waals surface area contributed by atoms with Crippen molar-refractivity contribution < 1.29 is 4.79 Å². The van der Waals surface area contributed by atoms with Crippen LogP contribution in [0.4, 0.5) is 0 Å². The average Bonchev–Trinajstić information content (AvgIpc) is 2.59. The Balaban J connectivity index is 0.00000264. The van der Waals surface area contributed by atoms with Crippen LogP contribution >= 0.6 is 12.4 Å². The standard InChI is InChI=1S/C19H24N2O.ClH/c1-15(18(20)17-12-6-3-7-13-17)19(22)21-14-8-11-16-9-4-2-5-10-16;/h2-7,9-10,12-13,15,18H,8,11,14,20H2,1H3,(H,21,22);1H. The third kappa shape index (κ3) is 6.05. The number of carbonyl (C=O) groups is 1. The molecule has 1 amide bonds. The van der Waals surface area contributed by atoms with Gasteiger partial charge >= 0.3 is 0 Å². The maximum absolute atomic E-state index is 12.2. The fraction of sp³-hybridized carbons (Fsp3) is 0.316. The molecule has 3 nitrogen and oxygen atoms in total. The summed E-state index contributed by atoms with van der Waals surface area (Å²) in [7, 11) is 0. The van der Waals surface area contributed by atoms with E-state index in [4.69, 9.17) is 5.73 Å². The molecule has 124 valence electrons. The lowest BCUT2D eigenvalue weighted by Crippen LogP contribution is -2.36. The molecule has 0 heterocycles. The number of carbonyl (C=O) groups excluding carboxylic acids is 1. The van der Waals surface area contributed by atoms with E-state index in [1.54, 1.807) is 0 Å². The summed E-state index contributed by atoms with van der Waals surface area (Å²) < 4.78 is 0. The molecule has 2 aromatic carbocycles. The molecule has 0 saturated carbocycles. The molecule has 0 saturated heterocycles. The molecule has 0 spiro atoms. The van der Waals surface area contributed by atoms with E-state index < -0.39 is 0 Å². The monoisotopic (exact) mass is 332 g/mol. The van der Waals surface area contributed by atoms with Crippen molar-refractivity contribution in [1.82, 2.24) is 5.32 Å². The highest BCUT2D eigenvalue weighted by Gasteiger charge is 2.21. The first-order valence-corrected chi connectivity index (χ1v) is 7.80. The van der Waals surface area contributed by atoms with Crippen molar-refractivity contribution in [3.8, 4) is 0 Å². The van der Waals surface area contributed by atoms with Crippen LogP contribution in [0.2, 0.25) is 0 Å². The highest BCUT2D eigenvalue weighted by Crippen LogP contribution is 2.18. The molecule has 0 aliphatic heterocycles. The minimum Gasteiger partial charge on any atom is -0.356 e. The fourth-order valence-electron chi connectivity index (χ4n) is 2.44. The second-order valence-electron chi connectivity index (χ2n) is 5.61. The molecule has 3 N–H and O–H groups in total. The number of nitrogens with one attached hydrogen (secondary N) is 1. The zero-order valence-electron chi connectivity index (χ0n) is 13.4. The molecule has 2 rings (SSSR count). The van der Waals surface area contributed by atoms with Crippen molar-refractivity contribution in [2.75, 3.05) is 6.54 Å². The summed E-state index contributed by atoms with van der Waals surface area (Å²) in [6, 6.07) is 19.8. The van der Waals surface area contributed by atoms with Crippen molar-refractivity contribution in [2.24, 2.45) is 11.7 Å². The topological polar surface area (TPSA) is 55.1 Å². The van der Waals surface area contributed by atoms with E-state index in [-0.39, 0.29) is 30.3 Å². The Morgan fingerprint density at radius 3 is 2.22 bits per heavy atom. The van der Waals surface area contributed by atoms with Crippen molar-refractivity contribution in [1.29, 1.82) is 0 Å². The number of hydrogen-bond donors (Lipinski definition) is 2. The van der Waals surface area contributed by atoms with Gasteiger partial charge in [0, 0.05) is 12.6 Å². The molecule has 4 heteroatoms. The minimum atomic E-state index is -0.268. The second kappa shape index (κ2) is 10.0. The third-order valence-electron chi connectivity index (χ3n) is 3.92. The summed E-state index contributed by atoms with van der Waals surface area (Å²) >= 11 is 0. The first-order chi connectivity index (χ1) is 10.7. The zero-order valence-corrected chi connectivity index (χ0v) is 14.3. The normalized spacial score (nSPS) is 12.8. The molecule has 23 heavy (non-hydrogen) atoms. The molecule has 2 aromatic rings. The van der Waals surface area contributed by atoms with Gasteiger partial charge in [0.1, 0.15) is 0 Å². The van der Waals surface area contributed by atoms with Crippen LogP contribution in [0.15, 0.2) is 60.7 Å². The van der Waals surface area contributed by atoms with Gasteiger partial charge in [0.05, 0.1) is 5.92 Å². The van der Waals surface area contributed by atoms with Gasteiger partial charge in [-0.05, 0) is 24.0 Å². The van der Waals surface area contributed by atoms with Crippen LogP contribution in [-0.2, 0) is 11.2 Å². The number of rotatable bonds is 7. The molecular formula is C19H25ClN2O. The molecule has 0 aliphatic rings. The molecule has 2 unspecified atom stereocenters. The maximum Gasteiger partial charge on any atom is 0.224 e. The van der Waals surface area contributed by atoms with E-state index in [2.05, 4.69) is 17.4 Å². The predicted octanol–water partition coefficient (Wildman–Crippen LogP) is 3.49. The Morgan fingerprint density at radius 2 is 1.61 bits per heavy atom. The first kappa shape index (κ1) is 19.2. The summed E-state index contributed by atoms with van der Waals surface area (Å²) in [5.41, 5.74) is 8.47. The van der Waals surface area contributed by atoms with E-state index >= 15 is 0 Å². The van der Waals surface area contributed by atoms with E-state index in [1.165, 1.54) is 5.56 Å². The van der Waals surface area contributed by atoms with Gasteiger partial charge in [-0.25, -0.2) is 0 Å². The highest BCUT2D eigenvalue weighted by molar-refractivity contribution is 5.85. The first-order valence-electron chi connectivity index (χ1n) is 7.80.